The second-order valence-corrected chi connectivity index (χ2v) is 9.52. The number of primary amides is 1. The first-order chi connectivity index (χ1) is 16.8. The number of imide groups is 1. The van der Waals surface area contributed by atoms with E-state index in [4.69, 9.17) is 15.2 Å². The summed E-state index contributed by atoms with van der Waals surface area (Å²) >= 11 is 0. The van der Waals surface area contributed by atoms with E-state index in [9.17, 15) is 19.2 Å². The summed E-state index contributed by atoms with van der Waals surface area (Å²) in [5.41, 5.74) is 6.87. The summed E-state index contributed by atoms with van der Waals surface area (Å²) in [6.07, 6.45) is 0.270. The molecule has 2 fully saturated rings. The zero-order chi connectivity index (χ0) is 24.5. The van der Waals surface area contributed by atoms with E-state index in [1.54, 1.807) is 24.3 Å². The van der Waals surface area contributed by atoms with Crippen LogP contribution in [0.25, 0.3) is 0 Å². The van der Waals surface area contributed by atoms with Gasteiger partial charge in [-0.3, -0.25) is 29.4 Å². The number of aryl methyl sites for hydroxylation is 1. The molecular weight excluding hydrogens is 452 g/mol. The molecule has 4 heterocycles. The van der Waals surface area contributed by atoms with Crippen LogP contribution in [0.1, 0.15) is 29.5 Å². The average Bonchev–Trinajstić information content (AvgIpc) is 3.55. The Morgan fingerprint density at radius 3 is 2.71 bits per heavy atom. The van der Waals surface area contributed by atoms with Crippen LogP contribution in [0.2, 0.25) is 0 Å². The van der Waals surface area contributed by atoms with Gasteiger partial charge in [0, 0.05) is 23.7 Å². The van der Waals surface area contributed by atoms with Crippen molar-refractivity contribution in [3.8, 4) is 11.5 Å². The molecular formula is C25H24N4O6. The third-order valence-corrected chi connectivity index (χ3v) is 7.44. The largest absolute Gasteiger partial charge is 0.454 e. The Balaban J connectivity index is 1.40. The van der Waals surface area contributed by atoms with Gasteiger partial charge in [0.15, 0.2) is 11.5 Å². The van der Waals surface area contributed by atoms with Crippen molar-refractivity contribution in [3.05, 3.63) is 53.1 Å². The number of nitrogens with two attached hydrogens (primary N) is 1. The van der Waals surface area contributed by atoms with E-state index in [0.29, 0.717) is 28.3 Å². The van der Waals surface area contributed by atoms with Gasteiger partial charge in [0.2, 0.25) is 30.4 Å². The van der Waals surface area contributed by atoms with Crippen LogP contribution in [0.3, 0.4) is 0 Å². The summed E-state index contributed by atoms with van der Waals surface area (Å²) in [6.45, 7) is 2.07. The molecule has 4 amide bonds. The number of likely N-dealkylation sites (tertiary alicyclic amines) is 1. The summed E-state index contributed by atoms with van der Waals surface area (Å²) in [7, 11) is 0. The topological polar surface area (TPSA) is 140 Å². The Morgan fingerprint density at radius 1 is 1.11 bits per heavy atom. The minimum Gasteiger partial charge on any atom is -0.454 e. The number of benzene rings is 2. The highest BCUT2D eigenvalue weighted by Crippen LogP contribution is 2.54. The second kappa shape index (κ2) is 7.54. The van der Waals surface area contributed by atoms with Crippen LogP contribution < -0.4 is 25.8 Å². The number of nitrogens with one attached hydrogen (secondary N) is 2. The van der Waals surface area contributed by atoms with Crippen LogP contribution in [0, 0.1) is 18.8 Å². The fraction of sp³-hybridized carbons (Fsp3) is 0.360. The summed E-state index contributed by atoms with van der Waals surface area (Å²) in [4.78, 5) is 53.8. The number of anilines is 1. The Kier molecular flexibility index (Phi) is 4.65. The Bertz CT molecular complexity index is 1310. The number of hydrogen-bond acceptors (Lipinski definition) is 7. The van der Waals surface area contributed by atoms with E-state index >= 15 is 0 Å². The molecule has 10 nitrogen and oxygen atoms in total. The van der Waals surface area contributed by atoms with Crippen LogP contribution in [-0.4, -0.2) is 41.4 Å². The van der Waals surface area contributed by atoms with Gasteiger partial charge in [0.25, 0.3) is 0 Å². The zero-order valence-corrected chi connectivity index (χ0v) is 19.0. The number of carbonyl (C=O) groups is 4. The minimum atomic E-state index is -1.40. The van der Waals surface area contributed by atoms with Crippen molar-refractivity contribution >= 4 is 29.3 Å². The van der Waals surface area contributed by atoms with Gasteiger partial charge in [-0.05, 0) is 37.1 Å². The third kappa shape index (κ3) is 3.06. The highest BCUT2D eigenvalue weighted by molar-refractivity contribution is 6.15. The fourth-order valence-electron chi connectivity index (χ4n) is 5.90. The molecule has 2 aromatic carbocycles. The maximum atomic E-state index is 13.9. The van der Waals surface area contributed by atoms with Crippen LogP contribution >= 0.6 is 0 Å². The molecule has 2 saturated heterocycles. The van der Waals surface area contributed by atoms with E-state index in [-0.39, 0.29) is 38.0 Å². The number of nitrogens with zero attached hydrogens (tertiary/aromatic N) is 1. The standard InChI is InChI=1S/C25H24N4O6/c1-12-2-4-15-14(8-12)25(24(33)27-15)21-20(16(28-25)5-7-19(26)30)22(31)29(23(21)32)10-13-3-6-17-18(9-13)35-11-34-17/h2-4,6,8-9,16,20-21,28H,5,7,10-11H2,1H3,(H2,26,30)(H,27,33)/t16-,20+,21+,25+/m0/s1. The number of hydrogen-bond donors (Lipinski definition) is 3. The predicted octanol–water partition coefficient (Wildman–Crippen LogP) is 0.910. The lowest BCUT2D eigenvalue weighted by Gasteiger charge is -2.29. The van der Waals surface area contributed by atoms with Crippen LogP contribution in [-0.2, 0) is 31.3 Å². The minimum absolute atomic E-state index is 0.0306. The predicted molar refractivity (Wildman–Crippen MR) is 122 cm³/mol. The quantitative estimate of drug-likeness (QED) is 0.545. The third-order valence-electron chi connectivity index (χ3n) is 7.44. The van der Waals surface area contributed by atoms with Gasteiger partial charge in [-0.1, -0.05) is 23.8 Å². The van der Waals surface area contributed by atoms with E-state index in [0.717, 1.165) is 5.56 Å². The lowest BCUT2D eigenvalue weighted by molar-refractivity contribution is -0.143. The Hall–Kier alpha value is -3.92. The van der Waals surface area contributed by atoms with Crippen LogP contribution in [0.5, 0.6) is 11.5 Å². The number of fused-ring (bicyclic) bond motifs is 5. The van der Waals surface area contributed by atoms with Crippen molar-refractivity contribution < 1.29 is 28.7 Å². The fourth-order valence-corrected chi connectivity index (χ4v) is 5.90. The molecule has 4 N–H and O–H groups in total. The van der Waals surface area contributed by atoms with Gasteiger partial charge in [-0.25, -0.2) is 0 Å². The first-order valence-electron chi connectivity index (χ1n) is 11.5. The molecule has 4 aliphatic rings. The van der Waals surface area contributed by atoms with Crippen molar-refractivity contribution in [2.75, 3.05) is 12.1 Å². The molecule has 35 heavy (non-hydrogen) atoms. The van der Waals surface area contributed by atoms with Crippen LogP contribution in [0.4, 0.5) is 5.69 Å². The summed E-state index contributed by atoms with van der Waals surface area (Å²) in [5.74, 6) is -2.25. The van der Waals surface area contributed by atoms with Gasteiger partial charge in [0.1, 0.15) is 5.54 Å². The molecule has 0 bridgehead atoms. The van der Waals surface area contributed by atoms with Gasteiger partial charge in [-0.15, -0.1) is 0 Å². The summed E-state index contributed by atoms with van der Waals surface area (Å²) in [6, 6.07) is 10.2. The normalized spacial score (nSPS) is 28.0. The molecule has 4 atom stereocenters. The summed E-state index contributed by atoms with van der Waals surface area (Å²) in [5, 5.41) is 6.19. The van der Waals surface area contributed by atoms with Crippen molar-refractivity contribution in [2.24, 2.45) is 17.6 Å². The lowest BCUT2D eigenvalue weighted by atomic mass is 9.76. The lowest BCUT2D eigenvalue weighted by Crippen LogP contribution is -2.53. The number of rotatable bonds is 5. The molecule has 0 aromatic heterocycles. The van der Waals surface area contributed by atoms with Gasteiger partial charge < -0.3 is 20.5 Å². The first kappa shape index (κ1) is 21.6. The number of carbonyl (C=O) groups excluding carboxylic acids is 4. The van der Waals surface area contributed by atoms with Gasteiger partial charge in [-0.2, -0.15) is 0 Å². The smallest absolute Gasteiger partial charge is 0.250 e. The number of amides is 4. The molecule has 180 valence electrons. The van der Waals surface area contributed by atoms with Gasteiger partial charge >= 0.3 is 0 Å². The van der Waals surface area contributed by atoms with Crippen molar-refractivity contribution in [1.29, 1.82) is 0 Å². The zero-order valence-electron chi connectivity index (χ0n) is 19.0. The highest BCUT2D eigenvalue weighted by atomic mass is 16.7. The SMILES string of the molecule is Cc1ccc2c(c1)[C@]1(N[C@@H](CCC(N)=O)[C@H]3C(=O)N(Cc4ccc5c(c4)OCO5)C(=O)[C@@H]31)C(=O)N2. The molecule has 0 saturated carbocycles. The van der Waals surface area contributed by atoms with E-state index in [1.165, 1.54) is 4.90 Å². The Morgan fingerprint density at radius 2 is 1.91 bits per heavy atom. The van der Waals surface area contributed by atoms with E-state index < -0.39 is 35.2 Å². The molecule has 0 radical (unpaired) electrons. The van der Waals surface area contributed by atoms with Crippen LogP contribution in [0.15, 0.2) is 36.4 Å². The molecule has 6 rings (SSSR count). The highest BCUT2D eigenvalue weighted by Gasteiger charge is 2.70. The molecule has 1 spiro atoms. The van der Waals surface area contributed by atoms with Gasteiger partial charge in [0.05, 0.1) is 18.4 Å². The molecule has 0 unspecified atom stereocenters. The first-order valence-corrected chi connectivity index (χ1v) is 11.5. The maximum Gasteiger partial charge on any atom is 0.250 e. The molecule has 2 aromatic rings. The Labute approximate surface area is 200 Å². The van der Waals surface area contributed by atoms with Crippen molar-refractivity contribution in [1.82, 2.24) is 10.2 Å². The second-order valence-electron chi connectivity index (χ2n) is 9.52. The monoisotopic (exact) mass is 476 g/mol. The molecule has 4 aliphatic heterocycles. The maximum absolute atomic E-state index is 13.9. The van der Waals surface area contributed by atoms with E-state index in [2.05, 4.69) is 10.6 Å². The average molecular weight is 476 g/mol. The molecule has 10 heteroatoms. The van der Waals surface area contributed by atoms with Crippen molar-refractivity contribution in [3.63, 3.8) is 0 Å². The number of ether oxygens (including phenoxy) is 2. The molecule has 0 aliphatic carbocycles. The van der Waals surface area contributed by atoms with Crippen molar-refractivity contribution in [2.45, 2.75) is 37.9 Å². The summed E-state index contributed by atoms with van der Waals surface area (Å²) < 4.78 is 10.8. The van der Waals surface area contributed by atoms with E-state index in [1.807, 2.05) is 19.1 Å².